The van der Waals surface area contributed by atoms with E-state index in [0.29, 0.717) is 0 Å². The molecule has 0 aromatic heterocycles. The van der Waals surface area contributed by atoms with Crippen molar-refractivity contribution < 1.29 is 0 Å². The number of rotatable bonds is 0. The molecule has 0 saturated heterocycles. The highest BCUT2D eigenvalue weighted by molar-refractivity contribution is 4.23. The molecular weight excluding hydrogens is 120 g/mol. The Kier molecular flexibility index (Phi) is 2310. The first-order valence-corrected chi connectivity index (χ1v) is 2.00. The molecule has 0 rings (SSSR count). The highest BCUT2D eigenvalue weighted by Gasteiger charge is 0.607. The lowest BCUT2D eigenvalue weighted by Gasteiger charge is -0.813. The van der Waals surface area contributed by atoms with Crippen LogP contribution in [-0.4, -0.2) is 0 Å². The van der Waals surface area contributed by atoms with E-state index in [1.165, 1.54) is 0 Å². The van der Waals surface area contributed by atoms with Gasteiger partial charge < -0.3 is 0 Å². The lowest BCUT2D eigenvalue weighted by atomic mass is 11.3. The average Bonchev–Trinajstić information content (AvgIpc) is 2.03. The van der Waals surface area contributed by atoms with Gasteiger partial charge in [-0.05, 0) is 0 Å². The Labute approximate surface area is 68.3 Å². The molecule has 0 radical (unpaired) electrons. The molecule has 10 heavy (non-hydrogen) atoms. The van der Waals surface area contributed by atoms with E-state index in [2.05, 4.69) is 52.6 Å². The van der Waals surface area contributed by atoms with E-state index in [0.717, 1.165) is 0 Å². The summed E-state index contributed by atoms with van der Waals surface area (Å²) in [4.78, 5) is 0. The molecule has 0 N–H and O–H groups in total. The molecule has 0 heteroatoms. The van der Waals surface area contributed by atoms with E-state index in [9.17, 15) is 0 Å². The van der Waals surface area contributed by atoms with Crippen LogP contribution < -0.4 is 0 Å². The Morgan fingerprint density at radius 1 is 0.300 bits per heavy atom. The van der Waals surface area contributed by atoms with Crippen molar-refractivity contribution >= 4 is 0 Å². The third-order valence-corrected chi connectivity index (χ3v) is 0. The van der Waals surface area contributed by atoms with Crippen molar-refractivity contribution in [2.24, 2.45) is 0 Å². The summed E-state index contributed by atoms with van der Waals surface area (Å²) in [6.45, 7) is 24.0. The van der Waals surface area contributed by atoms with Crippen LogP contribution in [0, 0.1) is 0 Å². The van der Waals surface area contributed by atoms with Crippen LogP contribution in [0.1, 0.15) is 14.9 Å². The van der Waals surface area contributed by atoms with Crippen LogP contribution in [-0.2, 0) is 0 Å². The van der Waals surface area contributed by atoms with E-state index < -0.39 is 0 Å². The van der Waals surface area contributed by atoms with Gasteiger partial charge in [0.15, 0.2) is 0 Å². The summed E-state index contributed by atoms with van der Waals surface area (Å²) in [5, 5.41) is 0. The zero-order chi connectivity index (χ0) is 8.00. The quantitative estimate of drug-likeness (QED) is 0.440. The molecule has 0 bridgehead atoms. The lowest BCUT2D eigenvalue weighted by Crippen LogP contribution is -0.552. The third kappa shape index (κ3) is 229. The molecule has 0 aliphatic carbocycles. The third-order valence-electron chi connectivity index (χ3n) is 0. The van der Waals surface area contributed by atoms with Crippen LogP contribution >= 0.6 is 0 Å². The van der Waals surface area contributed by atoms with Gasteiger partial charge in [0, 0.05) is 0 Å². The van der Waals surface area contributed by atoms with Gasteiger partial charge in [-0.1, -0.05) is 14.9 Å². The first-order valence-electron chi connectivity index (χ1n) is 2.00. The van der Waals surface area contributed by atoms with Gasteiger partial charge in [-0.15, -0.1) is 52.6 Å². The van der Waals surface area contributed by atoms with E-state index in [1.54, 1.807) is 0 Å². The van der Waals surface area contributed by atoms with E-state index in [1.807, 2.05) is 0 Å². The molecule has 0 aliphatic rings. The van der Waals surface area contributed by atoms with Crippen LogP contribution in [0.15, 0.2) is 52.6 Å². The predicted octanol–water partition coefficient (Wildman–Crippen LogP) is 4.48. The zero-order valence-corrected chi connectivity index (χ0v) is 5.66. The van der Waals surface area contributed by atoms with Gasteiger partial charge in [0.1, 0.15) is 0 Å². The molecule has 64 valence electrons. The lowest BCUT2D eigenvalue weighted by molar-refractivity contribution is 2.50. The summed E-state index contributed by atoms with van der Waals surface area (Å²) in [5.41, 5.74) is 0. The number of hydrogen-bond donors (Lipinski definition) is 0. The maximum absolute atomic E-state index is 3.00. The Hall–Kier alpha value is -1.04. The molecule has 0 spiro atoms. The van der Waals surface area contributed by atoms with Crippen molar-refractivity contribution in [3.63, 3.8) is 0 Å². The minimum absolute atomic E-state index is 0. The second-order valence-electron chi connectivity index (χ2n) is 0. The standard InChI is InChI=1S/4C2H4.2CH4/c4*1-2;;/h4*1-2H2;2*1H4. The first kappa shape index (κ1) is 64.8. The van der Waals surface area contributed by atoms with Crippen LogP contribution in [0.4, 0.5) is 0 Å². The molecule has 0 aromatic rings. The summed E-state index contributed by atoms with van der Waals surface area (Å²) in [6.07, 6.45) is 0. The molecule has 0 aromatic carbocycles. The molecule has 0 fully saturated rings. The van der Waals surface area contributed by atoms with Crippen molar-refractivity contribution in [2.45, 2.75) is 14.9 Å². The van der Waals surface area contributed by atoms with Crippen molar-refractivity contribution in [3.05, 3.63) is 52.6 Å². The first-order chi connectivity index (χ1) is 4.00. The minimum Gasteiger partial charge on any atom is -0.106 e. The summed E-state index contributed by atoms with van der Waals surface area (Å²) >= 11 is 0. The normalized spacial score (nSPS) is 1.60. The summed E-state index contributed by atoms with van der Waals surface area (Å²) in [6, 6.07) is 0. The van der Waals surface area contributed by atoms with E-state index in [-0.39, 0.29) is 14.9 Å². The Bertz CT molecular complexity index is 8.00. The Morgan fingerprint density at radius 2 is 0.300 bits per heavy atom. The van der Waals surface area contributed by atoms with Gasteiger partial charge in [-0.3, -0.25) is 0 Å². The molecular formula is C10H24. The van der Waals surface area contributed by atoms with Gasteiger partial charge >= 0.3 is 0 Å². The predicted molar refractivity (Wildman–Crippen MR) is 58.5 cm³/mol. The molecule has 0 amide bonds. The smallest absolute Gasteiger partial charge is 0.0776 e. The molecule has 0 saturated carbocycles. The molecule has 0 aliphatic heterocycles. The van der Waals surface area contributed by atoms with Gasteiger partial charge in [-0.2, -0.15) is 0 Å². The topological polar surface area (TPSA) is 0 Å². The maximum Gasteiger partial charge on any atom is -0.0776 e. The maximum atomic E-state index is 3.00. The molecule has 0 atom stereocenters. The van der Waals surface area contributed by atoms with Crippen molar-refractivity contribution in [2.75, 3.05) is 0 Å². The van der Waals surface area contributed by atoms with Gasteiger partial charge in [0.2, 0.25) is 0 Å². The van der Waals surface area contributed by atoms with Gasteiger partial charge in [0.25, 0.3) is 0 Å². The Balaban J connectivity index is -0.00000000500. The molecule has 0 nitrogen and oxygen atoms in total. The van der Waals surface area contributed by atoms with Crippen LogP contribution in [0.25, 0.3) is 0 Å². The molecule has 0 heterocycles. The number of hydrogen-bond acceptors (Lipinski definition) is 0. The fraction of sp³-hybridized carbons (Fsp3) is 0.200. The van der Waals surface area contributed by atoms with Crippen molar-refractivity contribution in [1.82, 2.24) is 0 Å². The van der Waals surface area contributed by atoms with E-state index in [4.69, 9.17) is 0 Å². The second-order valence-corrected chi connectivity index (χ2v) is 0. The minimum atomic E-state index is 0. The highest BCUT2D eigenvalue weighted by atomic mass is 12.7. The SMILES string of the molecule is C.C.C=C.C=C.C=C.C=C. The summed E-state index contributed by atoms with van der Waals surface area (Å²) in [7, 11) is 0. The molecule has 0 unspecified atom stereocenters. The Morgan fingerprint density at radius 3 is 0.300 bits per heavy atom. The average molecular weight is 144 g/mol. The van der Waals surface area contributed by atoms with Gasteiger partial charge in [0.05, 0.1) is 0 Å². The largest absolute Gasteiger partial charge is 0.106 e. The van der Waals surface area contributed by atoms with Crippen LogP contribution in [0.3, 0.4) is 0 Å². The van der Waals surface area contributed by atoms with Crippen molar-refractivity contribution in [3.8, 4) is 0 Å². The van der Waals surface area contributed by atoms with Crippen LogP contribution in [0.2, 0.25) is 0 Å². The van der Waals surface area contributed by atoms with Crippen LogP contribution in [0.5, 0.6) is 0 Å². The summed E-state index contributed by atoms with van der Waals surface area (Å²) in [5.74, 6) is 0. The van der Waals surface area contributed by atoms with Crippen molar-refractivity contribution in [1.29, 1.82) is 0 Å². The monoisotopic (exact) mass is 144 g/mol. The highest BCUT2D eigenvalue weighted by Crippen LogP contribution is 0.868. The fourth-order valence-electron chi connectivity index (χ4n) is 0. The fourth-order valence-corrected chi connectivity index (χ4v) is 0. The van der Waals surface area contributed by atoms with Gasteiger partial charge in [-0.25, -0.2) is 0 Å². The summed E-state index contributed by atoms with van der Waals surface area (Å²) < 4.78 is 0. The zero-order valence-electron chi connectivity index (χ0n) is 5.66. The van der Waals surface area contributed by atoms with E-state index >= 15 is 0 Å². The second kappa shape index (κ2) is 357.